The summed E-state index contributed by atoms with van der Waals surface area (Å²) in [5.74, 6) is 5.13. The fraction of sp³-hybridized carbons (Fsp3) is 0.261. The second kappa shape index (κ2) is 10.3. The van der Waals surface area contributed by atoms with Crippen molar-refractivity contribution in [2.75, 3.05) is 13.2 Å². The summed E-state index contributed by atoms with van der Waals surface area (Å²) in [4.78, 5) is 43.4. The minimum atomic E-state index is -3.00. The van der Waals surface area contributed by atoms with E-state index in [1.165, 1.54) is 23.7 Å². The molecule has 0 unspecified atom stereocenters. The van der Waals surface area contributed by atoms with E-state index in [-0.39, 0.29) is 36.5 Å². The fourth-order valence-corrected chi connectivity index (χ4v) is 5.18. The normalized spacial score (nSPS) is 17.0. The number of aliphatic imine (C=N–C) groups is 2. The summed E-state index contributed by atoms with van der Waals surface area (Å²) in [6, 6.07) is 9.17. The van der Waals surface area contributed by atoms with E-state index >= 15 is 0 Å². The van der Waals surface area contributed by atoms with Crippen molar-refractivity contribution >= 4 is 45.6 Å². The van der Waals surface area contributed by atoms with Gasteiger partial charge in [0, 0.05) is 6.92 Å². The summed E-state index contributed by atoms with van der Waals surface area (Å²) in [5.41, 5.74) is 2.29. The number of hydrogen-bond donors (Lipinski definition) is 2. The SMILES string of the molecule is CC(=O)NCc1ccc(C2=CS3(OC(=O)C(=O)O3)C(/N=C/N(N)CCOc3c(C)cccc3C)=N2)o1. The number of amides is 1. The largest absolute Gasteiger partial charge is 0.491 e. The average molecular weight is 516 g/mol. The molecule has 0 atom stereocenters. The molecular weight excluding hydrogens is 490 g/mol. The Hall–Kier alpha value is -4.10. The smallest absolute Gasteiger partial charge is 0.442 e. The summed E-state index contributed by atoms with van der Waals surface area (Å²) >= 11 is 0. The Morgan fingerprint density at radius 3 is 2.56 bits per heavy atom. The van der Waals surface area contributed by atoms with Crippen LogP contribution >= 0.6 is 10.6 Å². The molecule has 0 bridgehead atoms. The predicted molar refractivity (Wildman–Crippen MR) is 132 cm³/mol. The Balaban J connectivity index is 1.46. The van der Waals surface area contributed by atoms with Crippen LogP contribution in [0.5, 0.6) is 5.75 Å². The monoisotopic (exact) mass is 515 g/mol. The van der Waals surface area contributed by atoms with Gasteiger partial charge in [0.05, 0.1) is 18.5 Å². The first-order chi connectivity index (χ1) is 17.2. The third-order valence-electron chi connectivity index (χ3n) is 5.05. The van der Waals surface area contributed by atoms with E-state index in [2.05, 4.69) is 15.3 Å². The number of carbonyl (C=O) groups excluding carboxylic acids is 3. The van der Waals surface area contributed by atoms with Crippen LogP contribution in [0, 0.1) is 13.8 Å². The standard InChI is InChI=1S/C23H25N5O7S/c1-14-5-4-6-15(2)20(14)32-10-9-28(24)13-26-23-27-18(12-36(23)34-21(30)22(31)35-36)19-8-7-17(33-19)11-25-16(3)29/h4-8,12-13H,9-11,24H2,1-3H3,(H,25,29)/b26-13+. The van der Waals surface area contributed by atoms with Gasteiger partial charge < -0.3 is 22.8 Å². The van der Waals surface area contributed by atoms with Gasteiger partial charge in [0.15, 0.2) is 5.76 Å². The number of nitrogens with two attached hydrogens (primary N) is 1. The molecule has 13 heteroatoms. The van der Waals surface area contributed by atoms with Crippen molar-refractivity contribution < 1.29 is 31.9 Å². The number of nitrogens with zero attached hydrogens (tertiary/aromatic N) is 3. The Morgan fingerprint density at radius 1 is 1.19 bits per heavy atom. The van der Waals surface area contributed by atoms with Crippen molar-refractivity contribution in [2.45, 2.75) is 27.3 Å². The van der Waals surface area contributed by atoms with Gasteiger partial charge in [-0.2, -0.15) is 0 Å². The van der Waals surface area contributed by atoms with E-state index in [0.29, 0.717) is 11.5 Å². The fourth-order valence-electron chi connectivity index (χ4n) is 3.32. The molecule has 1 amide bonds. The van der Waals surface area contributed by atoms with E-state index in [4.69, 9.17) is 23.4 Å². The van der Waals surface area contributed by atoms with Crippen LogP contribution in [0.2, 0.25) is 0 Å². The number of benzene rings is 1. The second-order valence-corrected chi connectivity index (χ2v) is 9.94. The maximum atomic E-state index is 11.8. The minimum absolute atomic E-state index is 0.0392. The number of para-hydroxylation sites is 1. The van der Waals surface area contributed by atoms with Crippen LogP contribution in [-0.2, 0) is 29.3 Å². The Morgan fingerprint density at radius 2 is 1.89 bits per heavy atom. The topological polar surface area (TPSA) is 158 Å². The molecule has 0 saturated carbocycles. The number of ether oxygens (including phenoxy) is 1. The zero-order valence-corrected chi connectivity index (χ0v) is 20.7. The maximum Gasteiger partial charge on any atom is 0.442 e. The highest BCUT2D eigenvalue weighted by molar-refractivity contribution is 8.41. The molecule has 1 aromatic heterocycles. The molecule has 0 radical (unpaired) electrons. The average Bonchev–Trinajstić information content (AvgIpc) is 3.50. The predicted octanol–water partition coefficient (Wildman–Crippen LogP) is 2.22. The maximum absolute atomic E-state index is 11.8. The molecule has 3 N–H and O–H groups in total. The molecule has 12 nitrogen and oxygen atoms in total. The molecule has 190 valence electrons. The lowest BCUT2D eigenvalue weighted by Crippen LogP contribution is -2.34. The quantitative estimate of drug-likeness (QED) is 0.177. The molecule has 1 saturated heterocycles. The van der Waals surface area contributed by atoms with Crippen molar-refractivity contribution in [2.24, 2.45) is 15.8 Å². The molecule has 3 heterocycles. The number of hydrogen-bond acceptors (Lipinski definition) is 10. The molecular formula is C23H25N5O7S. The molecule has 2 aliphatic rings. The van der Waals surface area contributed by atoms with Crippen molar-refractivity contribution in [3.63, 3.8) is 0 Å². The van der Waals surface area contributed by atoms with Crippen LogP contribution in [0.4, 0.5) is 0 Å². The zero-order chi connectivity index (χ0) is 25.9. The van der Waals surface area contributed by atoms with Gasteiger partial charge in [-0.15, -0.1) is 0 Å². The van der Waals surface area contributed by atoms with Gasteiger partial charge in [-0.05, 0) is 47.7 Å². The lowest BCUT2D eigenvalue weighted by Gasteiger charge is -2.26. The number of rotatable bonds is 8. The molecule has 1 fully saturated rings. The lowest BCUT2D eigenvalue weighted by molar-refractivity contribution is -0.150. The highest BCUT2D eigenvalue weighted by Gasteiger charge is 2.48. The first kappa shape index (κ1) is 25.0. The molecule has 2 aliphatic heterocycles. The van der Waals surface area contributed by atoms with Gasteiger partial charge in [0.25, 0.3) is 5.17 Å². The van der Waals surface area contributed by atoms with E-state index < -0.39 is 22.5 Å². The Kier molecular flexibility index (Phi) is 7.12. The third kappa shape index (κ3) is 5.42. The van der Waals surface area contributed by atoms with Crippen LogP contribution in [0.1, 0.15) is 29.6 Å². The second-order valence-electron chi connectivity index (χ2n) is 7.91. The van der Waals surface area contributed by atoms with E-state index in [1.54, 1.807) is 12.1 Å². The summed E-state index contributed by atoms with van der Waals surface area (Å²) in [6.45, 7) is 6.07. The van der Waals surface area contributed by atoms with Gasteiger partial charge in [0.2, 0.25) is 5.91 Å². The van der Waals surface area contributed by atoms with Gasteiger partial charge in [0.1, 0.15) is 30.2 Å². The van der Waals surface area contributed by atoms with Gasteiger partial charge in [-0.25, -0.2) is 25.4 Å². The van der Waals surface area contributed by atoms with Crippen molar-refractivity contribution in [3.05, 3.63) is 58.4 Å². The first-order valence-electron chi connectivity index (χ1n) is 10.9. The van der Waals surface area contributed by atoms with Crippen LogP contribution in [0.15, 0.2) is 50.1 Å². The summed E-state index contributed by atoms with van der Waals surface area (Å²) < 4.78 is 22.0. The van der Waals surface area contributed by atoms with E-state index in [1.807, 2.05) is 32.0 Å². The molecule has 2 aromatic rings. The van der Waals surface area contributed by atoms with Gasteiger partial charge >= 0.3 is 11.9 Å². The van der Waals surface area contributed by atoms with E-state index in [9.17, 15) is 14.4 Å². The molecule has 1 spiro atoms. The van der Waals surface area contributed by atoms with E-state index in [0.717, 1.165) is 16.9 Å². The Bertz CT molecular complexity index is 1260. The highest BCUT2D eigenvalue weighted by atomic mass is 32.3. The zero-order valence-electron chi connectivity index (χ0n) is 19.8. The van der Waals surface area contributed by atoms with Crippen LogP contribution in [0.25, 0.3) is 5.70 Å². The number of carbonyl (C=O) groups is 3. The summed E-state index contributed by atoms with van der Waals surface area (Å²) in [7, 11) is -3.00. The van der Waals surface area contributed by atoms with Gasteiger partial charge in [-0.1, -0.05) is 18.2 Å². The lowest BCUT2D eigenvalue weighted by atomic mass is 10.1. The number of nitrogens with one attached hydrogen (secondary N) is 1. The molecule has 4 rings (SSSR count). The highest BCUT2D eigenvalue weighted by Crippen LogP contribution is 2.62. The number of amidine groups is 1. The van der Waals surface area contributed by atoms with Crippen molar-refractivity contribution in [1.29, 1.82) is 0 Å². The van der Waals surface area contributed by atoms with Crippen LogP contribution in [0.3, 0.4) is 0 Å². The van der Waals surface area contributed by atoms with Crippen molar-refractivity contribution in [3.8, 4) is 5.75 Å². The minimum Gasteiger partial charge on any atom is -0.491 e. The third-order valence-corrected chi connectivity index (χ3v) is 7.09. The molecule has 0 aliphatic carbocycles. The van der Waals surface area contributed by atoms with Crippen LogP contribution in [-0.4, -0.2) is 47.5 Å². The first-order valence-corrected chi connectivity index (χ1v) is 12.4. The molecule has 36 heavy (non-hydrogen) atoms. The summed E-state index contributed by atoms with van der Waals surface area (Å²) in [6.07, 6.45) is 1.28. The number of hydrazine groups is 1. The Labute approximate surface area is 208 Å². The number of furan rings is 1. The van der Waals surface area contributed by atoms with Crippen LogP contribution < -0.4 is 15.9 Å². The van der Waals surface area contributed by atoms with Crippen molar-refractivity contribution in [1.82, 2.24) is 10.3 Å². The number of aryl methyl sites for hydroxylation is 2. The summed E-state index contributed by atoms with van der Waals surface area (Å²) in [5, 5.41) is 5.26. The van der Waals surface area contributed by atoms with Gasteiger partial charge in [-0.3, -0.25) is 9.80 Å². The molecule has 1 aromatic carbocycles.